The third-order valence-corrected chi connectivity index (χ3v) is 5.40. The number of hydrogen-bond acceptors (Lipinski definition) is 5. The smallest absolute Gasteiger partial charge is 0.338 e. The van der Waals surface area contributed by atoms with Crippen molar-refractivity contribution in [2.45, 2.75) is 24.7 Å². The number of esters is 1. The lowest BCUT2D eigenvalue weighted by molar-refractivity contribution is 0.0499. The van der Waals surface area contributed by atoms with Crippen molar-refractivity contribution in [2.24, 2.45) is 4.99 Å². The van der Waals surface area contributed by atoms with Crippen LogP contribution in [0.15, 0.2) is 58.4 Å². The van der Waals surface area contributed by atoms with Gasteiger partial charge < -0.3 is 4.74 Å². The van der Waals surface area contributed by atoms with Crippen molar-refractivity contribution in [3.63, 3.8) is 0 Å². The second-order valence-electron chi connectivity index (χ2n) is 6.04. The molecule has 1 heterocycles. The number of ether oxygens (including phenoxy) is 1. The highest BCUT2D eigenvalue weighted by atomic mass is 32.2. The summed E-state index contributed by atoms with van der Waals surface area (Å²) in [6, 6.07) is 14.0. The van der Waals surface area contributed by atoms with Gasteiger partial charge in [0.1, 0.15) is 5.84 Å². The number of benzene rings is 2. The van der Waals surface area contributed by atoms with Gasteiger partial charge in [-0.1, -0.05) is 29.8 Å². The molecule has 26 heavy (non-hydrogen) atoms. The summed E-state index contributed by atoms with van der Waals surface area (Å²) in [6.45, 7) is 2.72. The Labute approximate surface area is 153 Å². The van der Waals surface area contributed by atoms with E-state index in [0.717, 1.165) is 5.56 Å². The van der Waals surface area contributed by atoms with Crippen LogP contribution in [0.25, 0.3) is 0 Å². The van der Waals surface area contributed by atoms with Crippen LogP contribution in [0.3, 0.4) is 0 Å². The Morgan fingerprint density at radius 3 is 2.58 bits per heavy atom. The van der Waals surface area contributed by atoms with Gasteiger partial charge in [-0.2, -0.15) is 0 Å². The number of aliphatic imine (C=N–C) groups is 1. The molecular weight excluding hydrogens is 352 g/mol. The molecule has 0 atom stereocenters. The van der Waals surface area contributed by atoms with Crippen LogP contribution in [-0.4, -0.2) is 33.4 Å². The minimum absolute atomic E-state index is 0.255. The molecule has 2 aromatic rings. The Bertz CT molecular complexity index is 934. The van der Waals surface area contributed by atoms with Crippen molar-refractivity contribution in [3.8, 4) is 0 Å². The van der Waals surface area contributed by atoms with Gasteiger partial charge in [-0.05, 0) is 44.0 Å². The molecule has 0 fully saturated rings. The van der Waals surface area contributed by atoms with E-state index in [9.17, 15) is 13.2 Å². The van der Waals surface area contributed by atoms with Crippen LogP contribution in [-0.2, 0) is 14.8 Å². The molecule has 0 saturated heterocycles. The molecule has 0 unspecified atom stereocenters. The average molecular weight is 372 g/mol. The maximum atomic E-state index is 12.0. The van der Waals surface area contributed by atoms with Crippen LogP contribution in [0.5, 0.6) is 0 Å². The van der Waals surface area contributed by atoms with E-state index < -0.39 is 10.0 Å². The Morgan fingerprint density at radius 2 is 1.81 bits per heavy atom. The lowest BCUT2D eigenvalue weighted by atomic mass is 10.1. The minimum atomic E-state index is -3.50. The highest BCUT2D eigenvalue weighted by Gasteiger charge is 2.29. The van der Waals surface area contributed by atoms with Gasteiger partial charge in [0, 0.05) is 12.1 Å². The predicted molar refractivity (Wildman–Crippen MR) is 98.9 cm³/mol. The number of sulfonamides is 1. The first-order valence-electron chi connectivity index (χ1n) is 8.38. The first-order chi connectivity index (χ1) is 12.5. The molecule has 136 valence electrons. The molecule has 1 N–H and O–H groups in total. The van der Waals surface area contributed by atoms with E-state index in [1.54, 1.807) is 36.4 Å². The number of unbranched alkanes of at least 4 members (excludes halogenated alkanes) is 1. The van der Waals surface area contributed by atoms with Crippen LogP contribution in [0, 0.1) is 6.92 Å². The third-order valence-electron chi connectivity index (χ3n) is 4.01. The number of hydrogen-bond donors (Lipinski definition) is 1. The van der Waals surface area contributed by atoms with Crippen LogP contribution >= 0.6 is 0 Å². The number of amidine groups is 1. The molecule has 0 saturated carbocycles. The van der Waals surface area contributed by atoms with E-state index >= 15 is 0 Å². The average Bonchev–Trinajstić information content (AvgIpc) is 2.89. The van der Waals surface area contributed by atoms with Crippen LogP contribution in [0.4, 0.5) is 0 Å². The number of fused-ring (bicyclic) bond motifs is 1. The second kappa shape index (κ2) is 7.70. The van der Waals surface area contributed by atoms with Gasteiger partial charge in [0.15, 0.2) is 0 Å². The lowest BCUT2D eigenvalue weighted by Gasteiger charge is -2.05. The van der Waals surface area contributed by atoms with Crippen molar-refractivity contribution in [2.75, 3.05) is 13.2 Å². The van der Waals surface area contributed by atoms with Crippen molar-refractivity contribution in [1.29, 1.82) is 0 Å². The summed E-state index contributed by atoms with van der Waals surface area (Å²) in [5, 5.41) is 0. The molecule has 0 spiro atoms. The van der Waals surface area contributed by atoms with Crippen molar-refractivity contribution < 1.29 is 17.9 Å². The van der Waals surface area contributed by atoms with Crippen LogP contribution in [0.1, 0.15) is 34.3 Å². The quantitative estimate of drug-likeness (QED) is 0.624. The second-order valence-corrected chi connectivity index (χ2v) is 7.69. The maximum absolute atomic E-state index is 12.0. The molecule has 0 aliphatic carbocycles. The summed E-state index contributed by atoms with van der Waals surface area (Å²) in [5.74, 6) is 0.0334. The van der Waals surface area contributed by atoms with E-state index in [1.807, 2.05) is 19.1 Å². The van der Waals surface area contributed by atoms with Gasteiger partial charge in [0.2, 0.25) is 0 Å². The first-order valence-corrected chi connectivity index (χ1v) is 9.86. The van der Waals surface area contributed by atoms with Crippen LogP contribution in [0.2, 0.25) is 0 Å². The van der Waals surface area contributed by atoms with E-state index in [-0.39, 0.29) is 10.9 Å². The normalized spacial score (nSPS) is 16.1. The Balaban J connectivity index is 1.46. The zero-order valence-electron chi connectivity index (χ0n) is 14.4. The number of carbonyl (C=O) groups excluding carboxylic acids is 1. The Morgan fingerprint density at radius 1 is 1.08 bits per heavy atom. The van der Waals surface area contributed by atoms with Crippen molar-refractivity contribution in [1.82, 2.24) is 4.72 Å². The SMILES string of the molecule is Cc1ccc(C(=O)OCCCCN=C2NS(=O)(=O)c3ccccc32)cc1. The standard InChI is InChI=1S/C19H20N2O4S/c1-14-8-10-15(11-9-14)19(22)25-13-5-4-12-20-18-16-6-2-3-7-17(16)26(23,24)21-18/h2-3,6-11H,4-5,12-13H2,1H3,(H,20,21). The highest BCUT2D eigenvalue weighted by Crippen LogP contribution is 2.22. The van der Waals surface area contributed by atoms with Gasteiger partial charge in [0.25, 0.3) is 10.0 Å². The maximum Gasteiger partial charge on any atom is 0.338 e. The van der Waals surface area contributed by atoms with E-state index in [4.69, 9.17) is 4.74 Å². The summed E-state index contributed by atoms with van der Waals surface area (Å²) in [6.07, 6.45) is 1.34. The van der Waals surface area contributed by atoms with Gasteiger partial charge in [-0.25, -0.2) is 13.2 Å². The molecule has 2 aromatic carbocycles. The van der Waals surface area contributed by atoms with Crippen molar-refractivity contribution in [3.05, 3.63) is 65.2 Å². The van der Waals surface area contributed by atoms with E-state index in [2.05, 4.69) is 9.71 Å². The third kappa shape index (κ3) is 4.11. The topological polar surface area (TPSA) is 84.8 Å². The number of nitrogens with one attached hydrogen (secondary N) is 1. The zero-order chi connectivity index (χ0) is 18.6. The number of carbonyl (C=O) groups is 1. The fraction of sp³-hybridized carbons (Fsp3) is 0.263. The van der Waals surface area contributed by atoms with Gasteiger partial charge in [0.05, 0.1) is 17.1 Å². The fourth-order valence-corrected chi connectivity index (χ4v) is 3.84. The summed E-state index contributed by atoms with van der Waals surface area (Å²) in [5.41, 5.74) is 2.22. The van der Waals surface area contributed by atoms with Gasteiger partial charge in [-0.3, -0.25) is 9.71 Å². The highest BCUT2D eigenvalue weighted by molar-refractivity contribution is 7.90. The number of aryl methyl sites for hydroxylation is 1. The van der Waals surface area contributed by atoms with Gasteiger partial charge in [-0.15, -0.1) is 0 Å². The number of rotatable bonds is 6. The number of nitrogens with zero attached hydrogens (tertiary/aromatic N) is 1. The molecule has 0 aromatic heterocycles. The summed E-state index contributed by atoms with van der Waals surface area (Å²) in [7, 11) is -3.50. The van der Waals surface area contributed by atoms with E-state index in [1.165, 1.54) is 0 Å². The minimum Gasteiger partial charge on any atom is -0.462 e. The zero-order valence-corrected chi connectivity index (χ0v) is 15.3. The molecule has 6 nitrogen and oxygen atoms in total. The molecule has 3 rings (SSSR count). The molecule has 0 amide bonds. The first kappa shape index (κ1) is 18.1. The summed E-state index contributed by atoms with van der Waals surface area (Å²) in [4.78, 5) is 16.5. The van der Waals surface area contributed by atoms with Crippen molar-refractivity contribution >= 4 is 21.8 Å². The molecule has 1 aliphatic heterocycles. The summed E-state index contributed by atoms with van der Waals surface area (Å²) >= 11 is 0. The Hall–Kier alpha value is -2.67. The predicted octanol–water partition coefficient (Wildman–Crippen LogP) is 2.67. The summed E-state index contributed by atoms with van der Waals surface area (Å²) < 4.78 is 31.7. The fourth-order valence-electron chi connectivity index (χ4n) is 2.59. The molecule has 7 heteroatoms. The monoisotopic (exact) mass is 372 g/mol. The molecule has 1 aliphatic rings. The molecular formula is C19H20N2O4S. The molecule has 0 radical (unpaired) electrons. The van der Waals surface area contributed by atoms with Gasteiger partial charge >= 0.3 is 5.97 Å². The Kier molecular flexibility index (Phi) is 5.37. The largest absolute Gasteiger partial charge is 0.462 e. The molecule has 0 bridgehead atoms. The lowest BCUT2D eigenvalue weighted by Crippen LogP contribution is -2.22. The van der Waals surface area contributed by atoms with Crippen LogP contribution < -0.4 is 4.72 Å². The van der Waals surface area contributed by atoms with E-state index in [0.29, 0.717) is 43.0 Å².